The maximum absolute atomic E-state index is 12.2. The largest absolute Gasteiger partial charge is 0.434 e. The van der Waals surface area contributed by atoms with E-state index in [4.69, 9.17) is 4.52 Å². The van der Waals surface area contributed by atoms with E-state index < -0.39 is 0 Å². The van der Waals surface area contributed by atoms with Crippen LogP contribution in [0.2, 0.25) is 0 Å². The predicted molar refractivity (Wildman–Crippen MR) is 71.1 cm³/mol. The molecule has 0 saturated carbocycles. The van der Waals surface area contributed by atoms with Crippen molar-refractivity contribution in [2.24, 2.45) is 0 Å². The summed E-state index contributed by atoms with van der Waals surface area (Å²) >= 11 is 0. The van der Waals surface area contributed by atoms with Gasteiger partial charge >= 0.3 is 11.9 Å². The topological polar surface area (TPSA) is 56.0 Å². The van der Waals surface area contributed by atoms with Crippen LogP contribution in [0.25, 0.3) is 0 Å². The highest BCUT2D eigenvalue weighted by atomic mass is 16.5. The monoisotopic (exact) mass is 254 g/mol. The van der Waals surface area contributed by atoms with Crippen LogP contribution in [-0.4, -0.2) is 29.6 Å². The Morgan fingerprint density at radius 2 is 2.00 bits per heavy atom. The third kappa shape index (κ3) is 3.38. The van der Waals surface area contributed by atoms with E-state index in [1.807, 2.05) is 14.0 Å². The minimum Gasteiger partial charge on any atom is -0.282 e. The molecule has 0 fully saturated rings. The first-order valence-corrected chi connectivity index (χ1v) is 6.74. The molecular formula is C13H24N3O2+. The lowest BCUT2D eigenvalue weighted by Crippen LogP contribution is -2.51. The molecule has 0 N–H and O–H groups in total. The van der Waals surface area contributed by atoms with Gasteiger partial charge in [0.25, 0.3) is 0 Å². The van der Waals surface area contributed by atoms with Gasteiger partial charge in [-0.2, -0.15) is 4.48 Å². The van der Waals surface area contributed by atoms with Gasteiger partial charge in [0.2, 0.25) is 0 Å². The van der Waals surface area contributed by atoms with Gasteiger partial charge in [-0.15, -0.1) is 4.98 Å². The molecule has 0 aliphatic heterocycles. The van der Waals surface area contributed by atoms with Crippen LogP contribution >= 0.6 is 0 Å². The third-order valence-electron chi connectivity index (χ3n) is 3.25. The van der Waals surface area contributed by atoms with E-state index in [0.29, 0.717) is 18.3 Å². The Labute approximate surface area is 109 Å². The predicted octanol–water partition coefficient (Wildman–Crippen LogP) is 2.83. The second-order valence-corrected chi connectivity index (χ2v) is 4.85. The first-order valence-electron chi connectivity index (χ1n) is 6.74. The number of rotatable bonds is 7. The summed E-state index contributed by atoms with van der Waals surface area (Å²) in [5.41, 5.74) is 0. The Morgan fingerprint density at radius 3 is 2.50 bits per heavy atom. The van der Waals surface area contributed by atoms with Crippen molar-refractivity contribution in [2.75, 3.05) is 13.6 Å². The fourth-order valence-electron chi connectivity index (χ4n) is 2.02. The van der Waals surface area contributed by atoms with E-state index in [1.165, 1.54) is 12.8 Å². The van der Waals surface area contributed by atoms with Gasteiger partial charge in [0, 0.05) is 0 Å². The second kappa shape index (κ2) is 6.64. The molecule has 18 heavy (non-hydrogen) atoms. The van der Waals surface area contributed by atoms with E-state index in [9.17, 15) is 4.79 Å². The fourth-order valence-corrected chi connectivity index (χ4v) is 2.02. The van der Waals surface area contributed by atoms with E-state index >= 15 is 0 Å². The van der Waals surface area contributed by atoms with Gasteiger partial charge in [0.1, 0.15) is 0 Å². The van der Waals surface area contributed by atoms with Crippen LogP contribution in [0.5, 0.6) is 0 Å². The summed E-state index contributed by atoms with van der Waals surface area (Å²) < 4.78 is 5.33. The van der Waals surface area contributed by atoms with Crippen molar-refractivity contribution in [3.05, 3.63) is 5.82 Å². The lowest BCUT2D eigenvalue weighted by atomic mass is 10.2. The zero-order valence-electron chi connectivity index (χ0n) is 11.9. The van der Waals surface area contributed by atoms with Crippen LogP contribution in [0.1, 0.15) is 51.8 Å². The van der Waals surface area contributed by atoms with Crippen LogP contribution < -0.4 is 4.48 Å². The number of hydrogen-bond acceptors (Lipinski definition) is 4. The Morgan fingerprint density at radius 1 is 1.28 bits per heavy atom. The third-order valence-corrected chi connectivity index (χ3v) is 3.25. The Kier molecular flexibility index (Phi) is 5.47. The fraction of sp³-hybridized carbons (Fsp3) is 0.769. The molecule has 0 radical (unpaired) electrons. The Balaban J connectivity index is 2.79. The number of aryl methyl sites for hydroxylation is 1. The molecule has 0 spiro atoms. The average molecular weight is 254 g/mol. The summed E-state index contributed by atoms with van der Waals surface area (Å²) in [7, 11) is 1.87. The van der Waals surface area contributed by atoms with Crippen LogP contribution in [-0.2, 0) is 4.79 Å². The molecule has 102 valence electrons. The Hall–Kier alpha value is -1.23. The lowest BCUT2D eigenvalue weighted by molar-refractivity contribution is -0.130. The molecule has 0 aromatic carbocycles. The minimum absolute atomic E-state index is 0.121. The molecule has 1 amide bonds. The quantitative estimate of drug-likeness (QED) is 0.554. The van der Waals surface area contributed by atoms with Gasteiger partial charge in [-0.1, -0.05) is 31.8 Å². The molecular weight excluding hydrogens is 230 g/mol. The first kappa shape index (κ1) is 14.8. The number of aromatic nitrogens is 2. The van der Waals surface area contributed by atoms with E-state index in [-0.39, 0.29) is 10.4 Å². The van der Waals surface area contributed by atoms with Gasteiger partial charge < -0.3 is 0 Å². The van der Waals surface area contributed by atoms with Gasteiger partial charge in [-0.05, 0) is 19.8 Å². The molecule has 1 unspecified atom stereocenters. The van der Waals surface area contributed by atoms with Crippen molar-refractivity contribution < 1.29 is 9.32 Å². The molecule has 0 aliphatic carbocycles. The highest BCUT2D eigenvalue weighted by Gasteiger charge is 2.38. The zero-order valence-corrected chi connectivity index (χ0v) is 11.9. The summed E-state index contributed by atoms with van der Waals surface area (Å²) in [6.45, 7) is 6.54. The van der Waals surface area contributed by atoms with E-state index in [0.717, 1.165) is 19.4 Å². The average Bonchev–Trinajstić information content (AvgIpc) is 2.80. The van der Waals surface area contributed by atoms with Crippen LogP contribution in [0.4, 0.5) is 6.01 Å². The summed E-state index contributed by atoms with van der Waals surface area (Å²) in [5.74, 6) is 0.696. The van der Waals surface area contributed by atoms with Gasteiger partial charge in [-0.3, -0.25) is 4.52 Å². The molecule has 0 saturated heterocycles. The van der Waals surface area contributed by atoms with Crippen molar-refractivity contribution in [3.8, 4) is 0 Å². The molecule has 5 heteroatoms. The highest BCUT2D eigenvalue weighted by molar-refractivity contribution is 5.85. The Bertz CT molecular complexity index is 389. The first-order chi connectivity index (χ1) is 8.54. The molecule has 1 aromatic heterocycles. The smallest absolute Gasteiger partial charge is 0.282 e. The van der Waals surface area contributed by atoms with E-state index in [1.54, 1.807) is 6.92 Å². The second-order valence-electron chi connectivity index (χ2n) is 4.85. The molecule has 0 aliphatic rings. The summed E-state index contributed by atoms with van der Waals surface area (Å²) in [4.78, 5) is 16.4. The number of carbonyl (C=O) groups is 1. The van der Waals surface area contributed by atoms with Crippen molar-refractivity contribution in [1.29, 1.82) is 0 Å². The van der Waals surface area contributed by atoms with E-state index in [2.05, 4.69) is 17.1 Å². The maximum Gasteiger partial charge on any atom is 0.434 e. The molecule has 1 atom stereocenters. The van der Waals surface area contributed by atoms with Gasteiger partial charge in [0.15, 0.2) is 5.82 Å². The van der Waals surface area contributed by atoms with Crippen LogP contribution in [0, 0.1) is 6.92 Å². The summed E-state index contributed by atoms with van der Waals surface area (Å²) in [6, 6.07) is 0.413. The molecule has 1 rings (SSSR count). The number of quaternary nitrogens is 1. The summed E-state index contributed by atoms with van der Waals surface area (Å²) in [6.07, 6.45) is 4.99. The molecule has 0 bridgehead atoms. The van der Waals surface area contributed by atoms with Crippen LogP contribution in [0.15, 0.2) is 4.52 Å². The number of nitrogens with zero attached hydrogens (tertiary/aromatic N) is 3. The molecule has 5 nitrogen and oxygen atoms in total. The van der Waals surface area contributed by atoms with Crippen molar-refractivity contribution in [2.45, 2.75) is 52.9 Å². The number of amides is 1. The zero-order chi connectivity index (χ0) is 13.6. The van der Waals surface area contributed by atoms with Gasteiger partial charge in [0.05, 0.1) is 20.0 Å². The number of carbonyl (C=O) groups excluding carboxylic acids is 1. The SMILES string of the molecule is CCCCCC[N+](C)(C(=O)CC)c1nc(C)no1. The van der Waals surface area contributed by atoms with Crippen molar-refractivity contribution in [3.63, 3.8) is 0 Å². The standard InChI is InChI=1S/C13H24N3O2/c1-5-7-8-9-10-16(4,12(17)6-2)13-14-11(3)15-18-13/h5-10H2,1-4H3/q+1. The van der Waals surface area contributed by atoms with Gasteiger partial charge in [-0.25, -0.2) is 4.79 Å². The van der Waals surface area contributed by atoms with Crippen molar-refractivity contribution in [1.82, 2.24) is 14.6 Å². The van der Waals surface area contributed by atoms with Crippen molar-refractivity contribution >= 4 is 11.9 Å². The normalized spacial score (nSPS) is 14.4. The molecule has 1 heterocycles. The minimum atomic E-state index is 0.121. The maximum atomic E-state index is 12.2. The molecule has 1 aromatic rings. The highest BCUT2D eigenvalue weighted by Crippen LogP contribution is 2.21. The number of hydrogen-bond donors (Lipinski definition) is 0. The summed E-state index contributed by atoms with van der Waals surface area (Å²) in [5, 5.41) is 3.79. The lowest BCUT2D eigenvalue weighted by Gasteiger charge is -2.25. The number of unbranched alkanes of at least 4 members (excludes halogenated alkanes) is 3. The van der Waals surface area contributed by atoms with Crippen LogP contribution in [0.3, 0.4) is 0 Å².